The van der Waals surface area contributed by atoms with Gasteiger partial charge in [-0.2, -0.15) is 9.50 Å². The van der Waals surface area contributed by atoms with Crippen molar-refractivity contribution in [1.29, 1.82) is 0 Å². The average Bonchev–Trinajstić information content (AvgIpc) is 3.46. The zero-order valence-corrected chi connectivity index (χ0v) is 20.0. The van der Waals surface area contributed by atoms with Crippen LogP contribution in [0.5, 0.6) is 0 Å². The maximum Gasteiger partial charge on any atom is 0.291 e. The van der Waals surface area contributed by atoms with Gasteiger partial charge in [-0.15, -0.1) is 5.10 Å². The van der Waals surface area contributed by atoms with Crippen LogP contribution in [0.3, 0.4) is 0 Å². The Balaban J connectivity index is 1.50. The zero-order valence-electron chi connectivity index (χ0n) is 17.7. The number of carbonyl (C=O) groups is 1. The number of para-hydroxylation sites is 1. The molecule has 3 aromatic carbocycles. The van der Waals surface area contributed by atoms with Crippen LogP contribution in [0.2, 0.25) is 10.0 Å². The molecule has 0 saturated carbocycles. The van der Waals surface area contributed by atoms with Crippen molar-refractivity contribution in [2.24, 2.45) is 0 Å². The fourth-order valence-corrected chi connectivity index (χ4v) is 5.61. The smallest absolute Gasteiger partial charge is 0.291 e. The molecule has 0 fully saturated rings. The number of carbonyl (C=O) groups excluding carboxylic acids is 1. The van der Waals surface area contributed by atoms with Crippen LogP contribution in [0.1, 0.15) is 11.1 Å². The van der Waals surface area contributed by atoms with E-state index in [1.807, 2.05) is 0 Å². The van der Waals surface area contributed by atoms with E-state index in [4.69, 9.17) is 23.2 Å². The molecule has 6 rings (SSSR count). The maximum absolute atomic E-state index is 14.3. The Morgan fingerprint density at radius 3 is 2.49 bits per heavy atom. The summed E-state index contributed by atoms with van der Waals surface area (Å²) < 4.78 is 15.7. The monoisotopic (exact) mass is 522 g/mol. The van der Waals surface area contributed by atoms with Crippen LogP contribution in [-0.4, -0.2) is 20.5 Å². The largest absolute Gasteiger partial charge is 0.303 e. The van der Waals surface area contributed by atoms with Crippen LogP contribution >= 0.6 is 34.5 Å². The molecule has 35 heavy (non-hydrogen) atoms. The summed E-state index contributed by atoms with van der Waals surface area (Å²) in [4.78, 5) is 33.2. The van der Waals surface area contributed by atoms with Crippen molar-refractivity contribution in [3.05, 3.63) is 109 Å². The van der Waals surface area contributed by atoms with Gasteiger partial charge in [0.1, 0.15) is 10.3 Å². The molecular weight excluding hydrogens is 510 g/mol. The summed E-state index contributed by atoms with van der Waals surface area (Å²) in [5, 5.41) is 5.17. The number of thiazole rings is 1. The Kier molecular flexibility index (Phi) is 5.17. The third kappa shape index (κ3) is 3.53. The lowest BCUT2D eigenvalue weighted by Gasteiger charge is -2.17. The van der Waals surface area contributed by atoms with Crippen molar-refractivity contribution < 1.29 is 9.18 Å². The summed E-state index contributed by atoms with van der Waals surface area (Å²) >= 11 is 13.3. The Morgan fingerprint density at radius 2 is 1.71 bits per heavy atom. The number of aromatic nitrogens is 3. The van der Waals surface area contributed by atoms with Crippen LogP contribution in [0.25, 0.3) is 21.9 Å². The molecular formula is C25H13Cl2FN4O2S. The van der Waals surface area contributed by atoms with E-state index in [1.165, 1.54) is 15.5 Å². The van der Waals surface area contributed by atoms with E-state index < -0.39 is 11.4 Å². The van der Waals surface area contributed by atoms with E-state index in [0.717, 1.165) is 11.3 Å². The first-order valence-corrected chi connectivity index (χ1v) is 12.0. The highest BCUT2D eigenvalue weighted by atomic mass is 35.5. The Morgan fingerprint density at radius 1 is 0.943 bits per heavy atom. The highest BCUT2D eigenvalue weighted by Gasteiger charge is 2.34. The summed E-state index contributed by atoms with van der Waals surface area (Å²) in [5.41, 5.74) is 1.94. The number of rotatable bonds is 3. The topological polar surface area (TPSA) is 67.6 Å². The summed E-state index contributed by atoms with van der Waals surface area (Å²) in [6.07, 6.45) is 0. The van der Waals surface area contributed by atoms with E-state index in [2.05, 4.69) is 10.1 Å². The minimum absolute atomic E-state index is 0.0418. The van der Waals surface area contributed by atoms with Gasteiger partial charge in [0, 0.05) is 21.7 Å². The lowest BCUT2D eigenvalue weighted by molar-refractivity contribution is -0.113. The second kappa shape index (κ2) is 8.27. The van der Waals surface area contributed by atoms with Crippen molar-refractivity contribution in [3.8, 4) is 11.4 Å². The third-order valence-electron chi connectivity index (χ3n) is 5.77. The van der Waals surface area contributed by atoms with Crippen molar-refractivity contribution in [2.45, 2.75) is 6.54 Å². The van der Waals surface area contributed by atoms with E-state index in [-0.39, 0.29) is 28.4 Å². The molecule has 0 unspecified atom stereocenters. The molecule has 6 nitrogen and oxygen atoms in total. The van der Waals surface area contributed by atoms with Crippen LogP contribution < -0.4 is 15.0 Å². The standard InChI is InChI=1S/C25H13Cl2FN4O2S/c26-14-9-10-15(17(27)11-14)22-29-25-32(30-22)24(34)21(35-25)20-16-6-2-4-8-19(16)31(23(20)33)12-13-5-1-3-7-18(13)28/h1-11H,12H2. The SMILES string of the molecule is O=C1C(=c2sc3nc(-c4ccc(Cl)cc4Cl)nn3c2=O)c2ccccc2N1Cc1ccccc1F. The quantitative estimate of drug-likeness (QED) is 0.343. The van der Waals surface area contributed by atoms with Gasteiger partial charge >= 0.3 is 0 Å². The second-order valence-corrected chi connectivity index (χ2v) is 9.69. The number of nitrogens with zero attached hydrogens (tertiary/aromatic N) is 4. The fraction of sp³-hybridized carbons (Fsp3) is 0.0400. The number of amides is 1. The van der Waals surface area contributed by atoms with Crippen LogP contribution in [0, 0.1) is 5.82 Å². The van der Waals surface area contributed by atoms with Crippen molar-refractivity contribution in [3.63, 3.8) is 0 Å². The number of halogens is 3. The van der Waals surface area contributed by atoms with Gasteiger partial charge < -0.3 is 4.90 Å². The molecule has 0 aliphatic carbocycles. The summed E-state index contributed by atoms with van der Waals surface area (Å²) in [5.74, 6) is -0.495. The van der Waals surface area contributed by atoms with Crippen molar-refractivity contribution in [1.82, 2.24) is 14.6 Å². The van der Waals surface area contributed by atoms with Gasteiger partial charge in [-0.25, -0.2) is 4.39 Å². The Hall–Kier alpha value is -3.59. The lowest BCUT2D eigenvalue weighted by Crippen LogP contribution is -2.32. The minimum Gasteiger partial charge on any atom is -0.303 e. The molecule has 0 radical (unpaired) electrons. The van der Waals surface area contributed by atoms with Gasteiger partial charge in [-0.05, 0) is 30.3 Å². The van der Waals surface area contributed by atoms with Gasteiger partial charge in [0.05, 0.1) is 22.8 Å². The molecule has 5 aromatic rings. The Labute approximate surface area is 211 Å². The van der Waals surface area contributed by atoms with Gasteiger partial charge in [0.2, 0.25) is 4.96 Å². The number of hydrogen-bond donors (Lipinski definition) is 0. The van der Waals surface area contributed by atoms with E-state index in [1.54, 1.807) is 60.7 Å². The number of fused-ring (bicyclic) bond motifs is 2. The molecule has 0 atom stereocenters. The van der Waals surface area contributed by atoms with Crippen LogP contribution in [0.15, 0.2) is 71.5 Å². The molecule has 0 saturated heterocycles. The molecule has 2 aromatic heterocycles. The van der Waals surface area contributed by atoms with Crippen LogP contribution in [0.4, 0.5) is 10.1 Å². The van der Waals surface area contributed by atoms with E-state index in [9.17, 15) is 14.0 Å². The molecule has 1 amide bonds. The van der Waals surface area contributed by atoms with Gasteiger partial charge in [-0.1, -0.05) is 70.9 Å². The fourth-order valence-electron chi connectivity index (χ4n) is 4.12. The third-order valence-corrected chi connectivity index (χ3v) is 7.34. The molecule has 0 N–H and O–H groups in total. The van der Waals surface area contributed by atoms with Crippen LogP contribution in [-0.2, 0) is 11.3 Å². The highest BCUT2D eigenvalue weighted by Crippen LogP contribution is 2.36. The molecule has 172 valence electrons. The van der Waals surface area contributed by atoms with Gasteiger partial charge in [0.25, 0.3) is 11.5 Å². The zero-order chi connectivity index (χ0) is 24.3. The average molecular weight is 523 g/mol. The predicted octanol–water partition coefficient (Wildman–Crippen LogP) is 4.73. The first kappa shape index (κ1) is 21.9. The number of hydrogen-bond acceptors (Lipinski definition) is 5. The molecule has 0 spiro atoms. The summed E-state index contributed by atoms with van der Waals surface area (Å²) in [7, 11) is 0. The Bertz CT molecular complexity index is 1780. The summed E-state index contributed by atoms with van der Waals surface area (Å²) in [6.45, 7) is 0.0418. The van der Waals surface area contributed by atoms with E-state index >= 15 is 0 Å². The number of anilines is 1. The first-order valence-electron chi connectivity index (χ1n) is 10.5. The predicted molar refractivity (Wildman–Crippen MR) is 134 cm³/mol. The molecule has 1 aliphatic rings. The van der Waals surface area contributed by atoms with Gasteiger partial charge in [0.15, 0.2) is 5.82 Å². The maximum atomic E-state index is 14.3. The molecule has 3 heterocycles. The minimum atomic E-state index is -0.459. The number of benzene rings is 3. The van der Waals surface area contributed by atoms with Crippen molar-refractivity contribution in [2.75, 3.05) is 4.90 Å². The van der Waals surface area contributed by atoms with Gasteiger partial charge in [-0.3, -0.25) is 9.59 Å². The first-order chi connectivity index (χ1) is 16.9. The summed E-state index contributed by atoms with van der Waals surface area (Å²) in [6, 6.07) is 18.4. The molecule has 1 aliphatic heterocycles. The lowest BCUT2D eigenvalue weighted by atomic mass is 10.1. The van der Waals surface area contributed by atoms with E-state index in [0.29, 0.717) is 37.4 Å². The molecule has 0 bridgehead atoms. The second-order valence-electron chi connectivity index (χ2n) is 7.87. The van der Waals surface area contributed by atoms with Crippen molar-refractivity contribution >= 4 is 56.7 Å². The molecule has 10 heteroatoms. The highest BCUT2D eigenvalue weighted by molar-refractivity contribution is 7.15. The normalized spacial score (nSPS) is 14.7.